The fraction of sp³-hybridized carbons (Fsp3) is 0.250. The van der Waals surface area contributed by atoms with Gasteiger partial charge in [-0.3, -0.25) is 0 Å². The Balaban J connectivity index is 1.89. The van der Waals surface area contributed by atoms with Gasteiger partial charge in [0, 0.05) is 20.2 Å². The Labute approximate surface area is 117 Å². The highest BCUT2D eigenvalue weighted by molar-refractivity contribution is 5.23. The van der Waals surface area contributed by atoms with Gasteiger partial charge in [0.2, 0.25) is 0 Å². The number of hydrogen-bond acceptors (Lipinski definition) is 2. The summed E-state index contributed by atoms with van der Waals surface area (Å²) in [7, 11) is 1.66. The zero-order valence-electron chi connectivity index (χ0n) is 11.3. The van der Waals surface area contributed by atoms with Crippen molar-refractivity contribution in [1.82, 2.24) is 5.32 Å². The van der Waals surface area contributed by atoms with Crippen LogP contribution in [-0.2, 0) is 24.4 Å². The standard InChI is InChI=1S/C16H17F2NO/c1-20-11-14-4-2-3-12(7-14)9-19-10-13-5-6-15(17)16(18)8-13/h2-8,19H,9-11H2,1H3. The lowest BCUT2D eigenvalue weighted by atomic mass is 10.1. The largest absolute Gasteiger partial charge is 0.380 e. The van der Waals surface area contributed by atoms with Crippen LogP contribution in [0.3, 0.4) is 0 Å². The van der Waals surface area contributed by atoms with Crippen LogP contribution in [0.1, 0.15) is 16.7 Å². The molecule has 0 aromatic heterocycles. The second kappa shape index (κ2) is 7.12. The third kappa shape index (κ3) is 4.11. The number of benzene rings is 2. The quantitative estimate of drug-likeness (QED) is 0.873. The zero-order valence-corrected chi connectivity index (χ0v) is 11.3. The van der Waals surface area contributed by atoms with Gasteiger partial charge in [-0.05, 0) is 28.8 Å². The first-order valence-corrected chi connectivity index (χ1v) is 6.40. The molecule has 0 bridgehead atoms. The van der Waals surface area contributed by atoms with Gasteiger partial charge < -0.3 is 10.1 Å². The van der Waals surface area contributed by atoms with Crippen molar-refractivity contribution in [1.29, 1.82) is 0 Å². The Morgan fingerprint density at radius 2 is 1.60 bits per heavy atom. The van der Waals surface area contributed by atoms with Gasteiger partial charge in [0.25, 0.3) is 0 Å². The summed E-state index contributed by atoms with van der Waals surface area (Å²) in [6.45, 7) is 1.74. The maximum absolute atomic E-state index is 13.1. The smallest absolute Gasteiger partial charge is 0.159 e. The molecule has 106 valence electrons. The Morgan fingerprint density at radius 3 is 2.30 bits per heavy atom. The predicted molar refractivity (Wildman–Crippen MR) is 74.1 cm³/mol. The van der Waals surface area contributed by atoms with Crippen LogP contribution in [0.2, 0.25) is 0 Å². The van der Waals surface area contributed by atoms with Crippen molar-refractivity contribution in [2.24, 2.45) is 0 Å². The van der Waals surface area contributed by atoms with E-state index in [2.05, 4.69) is 11.4 Å². The Kier molecular flexibility index (Phi) is 5.21. The fourth-order valence-corrected chi connectivity index (χ4v) is 2.00. The number of methoxy groups -OCH3 is 1. The van der Waals surface area contributed by atoms with Crippen LogP contribution in [0.5, 0.6) is 0 Å². The van der Waals surface area contributed by atoms with Crippen LogP contribution >= 0.6 is 0 Å². The van der Waals surface area contributed by atoms with E-state index in [0.29, 0.717) is 19.7 Å². The normalized spacial score (nSPS) is 10.8. The van der Waals surface area contributed by atoms with Gasteiger partial charge >= 0.3 is 0 Å². The maximum atomic E-state index is 13.1. The van der Waals surface area contributed by atoms with E-state index in [1.54, 1.807) is 13.2 Å². The summed E-state index contributed by atoms with van der Waals surface area (Å²) in [4.78, 5) is 0. The van der Waals surface area contributed by atoms with Crippen LogP contribution in [0, 0.1) is 11.6 Å². The molecule has 0 amide bonds. The molecule has 2 rings (SSSR count). The minimum Gasteiger partial charge on any atom is -0.380 e. The second-order valence-electron chi connectivity index (χ2n) is 4.60. The van der Waals surface area contributed by atoms with Gasteiger partial charge in [-0.1, -0.05) is 30.3 Å². The highest BCUT2D eigenvalue weighted by atomic mass is 19.2. The molecule has 20 heavy (non-hydrogen) atoms. The van der Waals surface area contributed by atoms with Crippen molar-refractivity contribution >= 4 is 0 Å². The van der Waals surface area contributed by atoms with E-state index >= 15 is 0 Å². The topological polar surface area (TPSA) is 21.3 Å². The molecule has 0 saturated heterocycles. The first-order chi connectivity index (χ1) is 9.69. The van der Waals surface area contributed by atoms with Gasteiger partial charge in [0.05, 0.1) is 6.61 Å². The SMILES string of the molecule is COCc1cccc(CNCc2ccc(F)c(F)c2)c1. The van der Waals surface area contributed by atoms with Crippen molar-refractivity contribution in [2.75, 3.05) is 7.11 Å². The summed E-state index contributed by atoms with van der Waals surface area (Å²) in [5.74, 6) is -1.63. The van der Waals surface area contributed by atoms with E-state index < -0.39 is 11.6 Å². The number of nitrogens with one attached hydrogen (secondary N) is 1. The summed E-state index contributed by atoms with van der Waals surface area (Å²) in [5, 5.41) is 3.20. The van der Waals surface area contributed by atoms with Crippen molar-refractivity contribution in [3.63, 3.8) is 0 Å². The highest BCUT2D eigenvalue weighted by Crippen LogP contribution is 2.09. The number of ether oxygens (including phenoxy) is 1. The summed E-state index contributed by atoms with van der Waals surface area (Å²) in [6, 6.07) is 12.0. The molecular weight excluding hydrogens is 260 g/mol. The van der Waals surface area contributed by atoms with Crippen molar-refractivity contribution in [3.05, 3.63) is 70.8 Å². The average molecular weight is 277 g/mol. The van der Waals surface area contributed by atoms with Crippen LogP contribution < -0.4 is 5.32 Å². The molecule has 2 aromatic carbocycles. The van der Waals surface area contributed by atoms with Crippen LogP contribution in [0.25, 0.3) is 0 Å². The average Bonchev–Trinajstić information content (AvgIpc) is 2.44. The molecule has 0 fully saturated rings. The Bertz CT molecular complexity index is 572. The van der Waals surface area contributed by atoms with Gasteiger partial charge in [0.15, 0.2) is 11.6 Å². The molecule has 0 aliphatic rings. The van der Waals surface area contributed by atoms with Gasteiger partial charge in [0.1, 0.15) is 0 Å². The third-order valence-corrected chi connectivity index (χ3v) is 2.94. The van der Waals surface area contributed by atoms with E-state index in [0.717, 1.165) is 22.8 Å². The fourth-order valence-electron chi connectivity index (χ4n) is 2.00. The predicted octanol–water partition coefficient (Wildman–Crippen LogP) is 3.40. The summed E-state index contributed by atoms with van der Waals surface area (Å²) in [5.41, 5.74) is 2.96. The van der Waals surface area contributed by atoms with Crippen molar-refractivity contribution in [2.45, 2.75) is 19.7 Å². The van der Waals surface area contributed by atoms with E-state index in [1.807, 2.05) is 18.2 Å². The molecule has 0 atom stereocenters. The van der Waals surface area contributed by atoms with E-state index in [1.165, 1.54) is 6.07 Å². The molecule has 0 aliphatic carbocycles. The molecule has 0 saturated carbocycles. The molecule has 0 unspecified atom stereocenters. The molecule has 0 heterocycles. The Morgan fingerprint density at radius 1 is 0.900 bits per heavy atom. The van der Waals surface area contributed by atoms with Crippen molar-refractivity contribution in [3.8, 4) is 0 Å². The minimum atomic E-state index is -0.819. The van der Waals surface area contributed by atoms with E-state index in [9.17, 15) is 8.78 Å². The number of halogens is 2. The summed E-state index contributed by atoms with van der Waals surface area (Å²) < 4.78 is 30.9. The van der Waals surface area contributed by atoms with E-state index in [4.69, 9.17) is 4.74 Å². The zero-order chi connectivity index (χ0) is 14.4. The minimum absolute atomic E-state index is 0.492. The molecule has 0 spiro atoms. The molecular formula is C16H17F2NO. The first kappa shape index (κ1) is 14.6. The lowest BCUT2D eigenvalue weighted by Crippen LogP contribution is -2.13. The van der Waals surface area contributed by atoms with Crippen LogP contribution in [0.4, 0.5) is 8.78 Å². The molecule has 2 nitrogen and oxygen atoms in total. The number of hydrogen-bond donors (Lipinski definition) is 1. The van der Waals surface area contributed by atoms with Crippen LogP contribution in [-0.4, -0.2) is 7.11 Å². The summed E-state index contributed by atoms with van der Waals surface area (Å²) >= 11 is 0. The van der Waals surface area contributed by atoms with Gasteiger partial charge in [-0.25, -0.2) is 8.78 Å². The van der Waals surface area contributed by atoms with Crippen molar-refractivity contribution < 1.29 is 13.5 Å². The molecule has 0 radical (unpaired) electrons. The molecule has 4 heteroatoms. The van der Waals surface area contributed by atoms with Gasteiger partial charge in [-0.15, -0.1) is 0 Å². The summed E-state index contributed by atoms with van der Waals surface area (Å²) in [6.07, 6.45) is 0. The molecule has 0 aliphatic heterocycles. The third-order valence-electron chi connectivity index (χ3n) is 2.94. The first-order valence-electron chi connectivity index (χ1n) is 6.40. The van der Waals surface area contributed by atoms with Gasteiger partial charge in [-0.2, -0.15) is 0 Å². The second-order valence-corrected chi connectivity index (χ2v) is 4.60. The lowest BCUT2D eigenvalue weighted by Gasteiger charge is -2.07. The number of rotatable bonds is 6. The Hall–Kier alpha value is -1.78. The van der Waals surface area contributed by atoms with Crippen LogP contribution in [0.15, 0.2) is 42.5 Å². The highest BCUT2D eigenvalue weighted by Gasteiger charge is 2.02. The lowest BCUT2D eigenvalue weighted by molar-refractivity contribution is 0.185. The monoisotopic (exact) mass is 277 g/mol. The molecule has 1 N–H and O–H groups in total. The maximum Gasteiger partial charge on any atom is 0.159 e. The molecule has 2 aromatic rings. The van der Waals surface area contributed by atoms with E-state index in [-0.39, 0.29) is 0 Å².